The summed E-state index contributed by atoms with van der Waals surface area (Å²) in [5.41, 5.74) is 1.29. The number of aromatic amines is 2. The number of nitrogens with one attached hydrogen (secondary N) is 2. The summed E-state index contributed by atoms with van der Waals surface area (Å²) in [6.45, 7) is 1.75. The van der Waals surface area contributed by atoms with Gasteiger partial charge in [0, 0.05) is 0 Å². The number of ether oxygens (including phenoxy) is 1. The Hall–Kier alpha value is -3.15. The Bertz CT molecular complexity index is 833. The van der Waals surface area contributed by atoms with E-state index in [-0.39, 0.29) is 11.2 Å². The molecule has 0 aliphatic rings. The van der Waals surface area contributed by atoms with Crippen molar-refractivity contribution in [2.75, 3.05) is 0 Å². The van der Waals surface area contributed by atoms with Crippen LogP contribution >= 0.6 is 0 Å². The van der Waals surface area contributed by atoms with Gasteiger partial charge < -0.3 is 9.84 Å². The summed E-state index contributed by atoms with van der Waals surface area (Å²) in [6.07, 6.45) is 0. The van der Waals surface area contributed by atoms with E-state index in [0.29, 0.717) is 17.1 Å². The van der Waals surface area contributed by atoms with Gasteiger partial charge in [-0.2, -0.15) is 5.11 Å². The highest BCUT2D eigenvalue weighted by atomic mass is 16.5. The minimum Gasteiger partial charge on any atom is -0.457 e. The van der Waals surface area contributed by atoms with E-state index in [1.165, 1.54) is 0 Å². The minimum atomic E-state index is -0.287. The van der Waals surface area contributed by atoms with Gasteiger partial charge in [-0.05, 0) is 43.3 Å². The summed E-state index contributed by atoms with van der Waals surface area (Å²) in [7, 11) is 0. The van der Waals surface area contributed by atoms with Crippen molar-refractivity contribution < 1.29 is 4.74 Å². The van der Waals surface area contributed by atoms with Crippen LogP contribution in [0.1, 0.15) is 5.69 Å². The van der Waals surface area contributed by atoms with Crippen LogP contribution in [0.5, 0.6) is 11.5 Å². The zero-order valence-electron chi connectivity index (χ0n) is 11.9. The molecule has 0 saturated carbocycles. The molecule has 0 bridgehead atoms. The van der Waals surface area contributed by atoms with E-state index < -0.39 is 0 Å². The Labute approximate surface area is 126 Å². The van der Waals surface area contributed by atoms with Gasteiger partial charge in [-0.1, -0.05) is 18.2 Å². The first kappa shape index (κ1) is 13.8. The van der Waals surface area contributed by atoms with Crippen LogP contribution < -0.4 is 10.3 Å². The normalized spacial score (nSPS) is 11.0. The Morgan fingerprint density at radius 3 is 2.18 bits per heavy atom. The molecular weight excluding hydrogens is 280 g/mol. The molecule has 0 aliphatic carbocycles. The summed E-state index contributed by atoms with van der Waals surface area (Å²) < 4.78 is 5.69. The number of azo groups is 1. The molecule has 22 heavy (non-hydrogen) atoms. The Kier molecular flexibility index (Phi) is 3.82. The molecule has 2 N–H and O–H groups in total. The van der Waals surface area contributed by atoms with Crippen molar-refractivity contribution in [3.8, 4) is 11.5 Å². The topological polar surface area (TPSA) is 82.6 Å². The van der Waals surface area contributed by atoms with E-state index in [2.05, 4.69) is 20.4 Å². The van der Waals surface area contributed by atoms with Gasteiger partial charge in [0.25, 0.3) is 5.56 Å². The Balaban J connectivity index is 1.73. The molecule has 3 rings (SSSR count). The van der Waals surface area contributed by atoms with Crippen LogP contribution in [0.25, 0.3) is 0 Å². The van der Waals surface area contributed by atoms with E-state index in [1.807, 2.05) is 30.3 Å². The molecule has 2 aromatic carbocycles. The zero-order valence-corrected chi connectivity index (χ0v) is 11.9. The van der Waals surface area contributed by atoms with Crippen LogP contribution in [0.4, 0.5) is 11.4 Å². The van der Waals surface area contributed by atoms with E-state index in [0.717, 1.165) is 5.75 Å². The SMILES string of the molecule is Cc1[nH][nH]c(=O)c1N=Nc1ccc(Oc2ccccc2)cc1. The number of hydrogen-bond donors (Lipinski definition) is 2. The number of nitrogens with zero attached hydrogens (tertiary/aromatic N) is 2. The predicted molar refractivity (Wildman–Crippen MR) is 83.3 cm³/mol. The van der Waals surface area contributed by atoms with Gasteiger partial charge in [0.2, 0.25) is 0 Å². The number of H-pyrrole nitrogens is 2. The molecule has 0 radical (unpaired) electrons. The molecule has 0 fully saturated rings. The molecular formula is C16H14N4O2. The lowest BCUT2D eigenvalue weighted by Crippen LogP contribution is -1.96. The van der Waals surface area contributed by atoms with E-state index in [9.17, 15) is 4.79 Å². The number of aromatic nitrogens is 2. The van der Waals surface area contributed by atoms with Crippen molar-refractivity contribution in [3.63, 3.8) is 0 Å². The third-order valence-corrected chi connectivity index (χ3v) is 3.01. The zero-order chi connectivity index (χ0) is 15.4. The first-order valence-electron chi connectivity index (χ1n) is 6.74. The van der Waals surface area contributed by atoms with Gasteiger partial charge in [0.1, 0.15) is 11.5 Å². The maximum atomic E-state index is 11.5. The lowest BCUT2D eigenvalue weighted by atomic mass is 10.3. The molecule has 6 heteroatoms. The summed E-state index contributed by atoms with van der Waals surface area (Å²) in [4.78, 5) is 11.5. The first-order chi connectivity index (χ1) is 10.7. The quantitative estimate of drug-likeness (QED) is 0.706. The average molecular weight is 294 g/mol. The first-order valence-corrected chi connectivity index (χ1v) is 6.74. The van der Waals surface area contributed by atoms with Crippen LogP contribution in [-0.4, -0.2) is 10.2 Å². The number of rotatable bonds is 4. The lowest BCUT2D eigenvalue weighted by molar-refractivity contribution is 0.483. The van der Waals surface area contributed by atoms with Crippen LogP contribution in [0.3, 0.4) is 0 Å². The van der Waals surface area contributed by atoms with Crippen molar-refractivity contribution in [1.29, 1.82) is 0 Å². The summed E-state index contributed by atoms with van der Waals surface area (Å²) in [5, 5.41) is 13.2. The molecule has 6 nitrogen and oxygen atoms in total. The number of benzene rings is 2. The summed E-state index contributed by atoms with van der Waals surface area (Å²) in [6, 6.07) is 16.7. The van der Waals surface area contributed by atoms with Gasteiger partial charge in [-0.25, -0.2) is 0 Å². The van der Waals surface area contributed by atoms with E-state index >= 15 is 0 Å². The number of para-hydroxylation sites is 1. The third-order valence-electron chi connectivity index (χ3n) is 3.01. The van der Waals surface area contributed by atoms with Crippen LogP contribution in [-0.2, 0) is 0 Å². The fourth-order valence-electron chi connectivity index (χ4n) is 1.87. The number of aryl methyl sites for hydroxylation is 1. The van der Waals surface area contributed by atoms with Gasteiger partial charge in [-0.3, -0.25) is 9.89 Å². The van der Waals surface area contributed by atoms with Crippen LogP contribution in [0, 0.1) is 6.92 Å². The van der Waals surface area contributed by atoms with Gasteiger partial charge in [0.15, 0.2) is 5.69 Å². The largest absolute Gasteiger partial charge is 0.457 e. The second-order valence-electron chi connectivity index (χ2n) is 4.66. The highest BCUT2D eigenvalue weighted by molar-refractivity contribution is 5.44. The van der Waals surface area contributed by atoms with Crippen molar-refractivity contribution in [1.82, 2.24) is 10.2 Å². The smallest absolute Gasteiger partial charge is 0.291 e. The molecule has 3 aromatic rings. The highest BCUT2D eigenvalue weighted by Gasteiger charge is 2.04. The monoisotopic (exact) mass is 294 g/mol. The van der Waals surface area contributed by atoms with Crippen LogP contribution in [0.2, 0.25) is 0 Å². The van der Waals surface area contributed by atoms with Crippen molar-refractivity contribution in [2.24, 2.45) is 10.2 Å². The maximum absolute atomic E-state index is 11.5. The average Bonchev–Trinajstić information content (AvgIpc) is 2.86. The molecule has 0 saturated heterocycles. The molecule has 0 unspecified atom stereocenters. The molecule has 0 amide bonds. The van der Waals surface area contributed by atoms with Gasteiger partial charge >= 0.3 is 0 Å². The molecule has 110 valence electrons. The molecule has 1 heterocycles. The van der Waals surface area contributed by atoms with E-state index in [1.54, 1.807) is 31.2 Å². The number of hydrogen-bond acceptors (Lipinski definition) is 4. The summed E-state index contributed by atoms with van der Waals surface area (Å²) >= 11 is 0. The predicted octanol–water partition coefficient (Wildman–Crippen LogP) is 4.22. The second kappa shape index (κ2) is 6.09. The lowest BCUT2D eigenvalue weighted by Gasteiger charge is -2.04. The second-order valence-corrected chi connectivity index (χ2v) is 4.66. The van der Waals surface area contributed by atoms with Gasteiger partial charge in [0.05, 0.1) is 11.4 Å². The third kappa shape index (κ3) is 3.12. The molecule has 0 spiro atoms. The summed E-state index contributed by atoms with van der Waals surface area (Å²) in [5.74, 6) is 1.48. The minimum absolute atomic E-state index is 0.282. The Morgan fingerprint density at radius 2 is 1.55 bits per heavy atom. The van der Waals surface area contributed by atoms with Crippen molar-refractivity contribution in [2.45, 2.75) is 6.92 Å². The maximum Gasteiger partial charge on any atom is 0.291 e. The van der Waals surface area contributed by atoms with Gasteiger partial charge in [-0.15, -0.1) is 5.11 Å². The van der Waals surface area contributed by atoms with Crippen LogP contribution in [0.15, 0.2) is 69.6 Å². The van der Waals surface area contributed by atoms with E-state index in [4.69, 9.17) is 4.74 Å². The standard InChI is InChI=1S/C16H14N4O2/c1-11-15(16(21)20-17-11)19-18-12-7-9-14(10-8-12)22-13-5-3-2-4-6-13/h2-10H,1H3,(H2,17,20,21). The fourth-order valence-corrected chi connectivity index (χ4v) is 1.87. The highest BCUT2D eigenvalue weighted by Crippen LogP contribution is 2.24. The Morgan fingerprint density at radius 1 is 0.864 bits per heavy atom. The molecule has 0 aliphatic heterocycles. The van der Waals surface area contributed by atoms with Crippen molar-refractivity contribution >= 4 is 11.4 Å². The van der Waals surface area contributed by atoms with Crippen molar-refractivity contribution in [3.05, 3.63) is 70.6 Å². The fraction of sp³-hybridized carbons (Fsp3) is 0.0625. The molecule has 0 atom stereocenters. The molecule has 1 aromatic heterocycles.